The maximum atomic E-state index is 12.8. The minimum absolute atomic E-state index is 0.240. The minimum atomic E-state index is -0.962. The Balaban J connectivity index is 1.78. The summed E-state index contributed by atoms with van der Waals surface area (Å²) in [7, 11) is 0. The van der Waals surface area contributed by atoms with E-state index in [1.165, 1.54) is 11.3 Å². The molecule has 3 rings (SSSR count). The Morgan fingerprint density at radius 2 is 1.86 bits per heavy atom. The molecule has 2 unspecified atom stereocenters. The second kappa shape index (κ2) is 5.43. The summed E-state index contributed by atoms with van der Waals surface area (Å²) in [5.41, 5.74) is -0.962. The highest BCUT2D eigenvalue weighted by molar-refractivity contribution is 6.19. The fourth-order valence-electron chi connectivity index (χ4n) is 4.24. The molecule has 0 aromatic heterocycles. The molecule has 21 heavy (non-hydrogen) atoms. The number of nitrogens with one attached hydrogen (secondary N) is 1. The lowest BCUT2D eigenvalue weighted by molar-refractivity contribution is -0.154. The van der Waals surface area contributed by atoms with Gasteiger partial charge in [0.2, 0.25) is 11.8 Å². The molecule has 5 nitrogen and oxygen atoms in total. The molecule has 0 aromatic carbocycles. The number of urea groups is 1. The van der Waals surface area contributed by atoms with Gasteiger partial charge in [-0.05, 0) is 37.5 Å². The molecule has 3 fully saturated rings. The summed E-state index contributed by atoms with van der Waals surface area (Å²) >= 11 is 0. The van der Waals surface area contributed by atoms with E-state index >= 15 is 0 Å². The van der Waals surface area contributed by atoms with Gasteiger partial charge in [-0.3, -0.25) is 19.8 Å². The highest BCUT2D eigenvalue weighted by Crippen LogP contribution is 2.41. The van der Waals surface area contributed by atoms with Crippen molar-refractivity contribution < 1.29 is 14.4 Å². The number of rotatable bonds is 2. The van der Waals surface area contributed by atoms with Gasteiger partial charge in [-0.2, -0.15) is 0 Å². The van der Waals surface area contributed by atoms with Crippen LogP contribution in [-0.2, 0) is 9.59 Å². The van der Waals surface area contributed by atoms with Crippen molar-refractivity contribution in [2.24, 2.45) is 17.3 Å². The summed E-state index contributed by atoms with van der Waals surface area (Å²) in [6, 6.07) is -0.513. The van der Waals surface area contributed by atoms with E-state index in [1.807, 2.05) is 0 Å². The SMILES string of the molecule is CC1CCC(CN2C(=O)NC(=O)C3(CCCCC3)C2=O)C1. The Morgan fingerprint density at radius 3 is 2.48 bits per heavy atom. The summed E-state index contributed by atoms with van der Waals surface area (Å²) in [5, 5.41) is 2.43. The highest BCUT2D eigenvalue weighted by Gasteiger charge is 2.54. The zero-order valence-corrected chi connectivity index (χ0v) is 12.7. The molecule has 0 bridgehead atoms. The van der Waals surface area contributed by atoms with Crippen LogP contribution in [0.2, 0.25) is 0 Å². The molecule has 2 saturated carbocycles. The first-order chi connectivity index (χ1) is 10.0. The second-order valence-corrected chi connectivity index (χ2v) is 7.10. The van der Waals surface area contributed by atoms with Crippen LogP contribution in [0.15, 0.2) is 0 Å². The molecule has 2 atom stereocenters. The van der Waals surface area contributed by atoms with Crippen molar-refractivity contribution in [1.82, 2.24) is 10.2 Å². The van der Waals surface area contributed by atoms with Crippen molar-refractivity contribution in [1.29, 1.82) is 0 Å². The number of barbiturate groups is 1. The zero-order chi connectivity index (χ0) is 15.0. The summed E-state index contributed by atoms with van der Waals surface area (Å²) in [5.74, 6) is 0.454. The molecule has 1 heterocycles. The third-order valence-electron chi connectivity index (χ3n) is 5.51. The molecule has 5 heteroatoms. The lowest BCUT2D eigenvalue weighted by atomic mass is 9.71. The van der Waals surface area contributed by atoms with Gasteiger partial charge >= 0.3 is 6.03 Å². The molecule has 1 spiro atoms. The molecule has 1 saturated heterocycles. The fraction of sp³-hybridized carbons (Fsp3) is 0.812. The predicted octanol–water partition coefficient (Wildman–Crippen LogP) is 2.45. The maximum absolute atomic E-state index is 12.8. The number of carbonyl (C=O) groups is 3. The number of hydrogen-bond acceptors (Lipinski definition) is 3. The van der Waals surface area contributed by atoms with E-state index in [9.17, 15) is 14.4 Å². The fourth-order valence-corrected chi connectivity index (χ4v) is 4.24. The molecule has 2 aliphatic carbocycles. The number of nitrogens with zero attached hydrogens (tertiary/aromatic N) is 1. The molecular weight excluding hydrogens is 268 g/mol. The van der Waals surface area contributed by atoms with Crippen LogP contribution >= 0.6 is 0 Å². The van der Waals surface area contributed by atoms with Crippen LogP contribution in [0.4, 0.5) is 4.79 Å². The third-order valence-corrected chi connectivity index (χ3v) is 5.51. The van der Waals surface area contributed by atoms with E-state index in [4.69, 9.17) is 0 Å². The van der Waals surface area contributed by atoms with Gasteiger partial charge in [-0.1, -0.05) is 32.6 Å². The Kier molecular flexibility index (Phi) is 3.76. The van der Waals surface area contributed by atoms with Gasteiger partial charge in [0.05, 0.1) is 0 Å². The largest absolute Gasteiger partial charge is 0.330 e. The smallest absolute Gasteiger partial charge is 0.277 e. The van der Waals surface area contributed by atoms with Gasteiger partial charge in [-0.25, -0.2) is 4.79 Å². The molecule has 0 aromatic rings. The second-order valence-electron chi connectivity index (χ2n) is 7.10. The van der Waals surface area contributed by atoms with Gasteiger partial charge in [-0.15, -0.1) is 0 Å². The van der Waals surface area contributed by atoms with Crippen LogP contribution in [0.1, 0.15) is 58.3 Å². The normalized spacial score (nSPS) is 32.6. The van der Waals surface area contributed by atoms with E-state index in [0.29, 0.717) is 31.2 Å². The number of imide groups is 2. The van der Waals surface area contributed by atoms with E-state index in [0.717, 1.165) is 32.1 Å². The number of hydrogen-bond donors (Lipinski definition) is 1. The molecular formula is C16H24N2O3. The van der Waals surface area contributed by atoms with Crippen molar-refractivity contribution >= 4 is 17.8 Å². The van der Waals surface area contributed by atoms with Crippen LogP contribution in [0.25, 0.3) is 0 Å². The van der Waals surface area contributed by atoms with Gasteiger partial charge in [0, 0.05) is 6.54 Å². The predicted molar refractivity (Wildman–Crippen MR) is 77.3 cm³/mol. The summed E-state index contributed by atoms with van der Waals surface area (Å²) < 4.78 is 0. The Hall–Kier alpha value is -1.39. The summed E-state index contributed by atoms with van der Waals surface area (Å²) in [6.07, 6.45) is 7.32. The van der Waals surface area contributed by atoms with Crippen LogP contribution in [-0.4, -0.2) is 29.3 Å². The monoisotopic (exact) mass is 292 g/mol. The average Bonchev–Trinajstić information content (AvgIpc) is 2.88. The van der Waals surface area contributed by atoms with Crippen LogP contribution in [0.5, 0.6) is 0 Å². The first-order valence-electron chi connectivity index (χ1n) is 8.20. The Labute approximate surface area is 125 Å². The maximum Gasteiger partial charge on any atom is 0.330 e. The minimum Gasteiger partial charge on any atom is -0.277 e. The van der Waals surface area contributed by atoms with Crippen LogP contribution in [0, 0.1) is 17.3 Å². The zero-order valence-electron chi connectivity index (χ0n) is 12.7. The molecule has 1 aliphatic heterocycles. The van der Waals surface area contributed by atoms with E-state index in [2.05, 4.69) is 12.2 Å². The lowest BCUT2D eigenvalue weighted by Crippen LogP contribution is -2.64. The Bertz CT molecular complexity index is 468. The van der Waals surface area contributed by atoms with Crippen molar-refractivity contribution in [3.05, 3.63) is 0 Å². The number of amides is 4. The topological polar surface area (TPSA) is 66.5 Å². The van der Waals surface area contributed by atoms with Gasteiger partial charge in [0.1, 0.15) is 5.41 Å². The first kappa shape index (κ1) is 14.5. The van der Waals surface area contributed by atoms with E-state index in [1.54, 1.807) is 0 Å². The van der Waals surface area contributed by atoms with Crippen molar-refractivity contribution in [2.45, 2.75) is 58.3 Å². The van der Waals surface area contributed by atoms with Gasteiger partial charge in [0.15, 0.2) is 0 Å². The standard InChI is InChI=1S/C16H24N2O3/c1-11-5-6-12(9-11)10-18-14(20)16(7-3-2-4-8-16)13(19)17-15(18)21/h11-12H,2-10H2,1H3,(H,17,19,21). The average molecular weight is 292 g/mol. The first-order valence-corrected chi connectivity index (χ1v) is 8.20. The molecule has 0 radical (unpaired) electrons. The van der Waals surface area contributed by atoms with E-state index in [-0.39, 0.29) is 11.8 Å². The quantitative estimate of drug-likeness (QED) is 0.795. The molecule has 4 amide bonds. The van der Waals surface area contributed by atoms with Crippen molar-refractivity contribution in [2.75, 3.05) is 6.54 Å². The number of carbonyl (C=O) groups excluding carboxylic acids is 3. The third kappa shape index (κ3) is 2.47. The van der Waals surface area contributed by atoms with Gasteiger partial charge < -0.3 is 0 Å². The van der Waals surface area contributed by atoms with Crippen molar-refractivity contribution in [3.63, 3.8) is 0 Å². The highest BCUT2D eigenvalue weighted by atomic mass is 16.2. The van der Waals surface area contributed by atoms with Crippen LogP contribution in [0.3, 0.4) is 0 Å². The summed E-state index contributed by atoms with van der Waals surface area (Å²) in [4.78, 5) is 38.5. The van der Waals surface area contributed by atoms with Gasteiger partial charge in [0.25, 0.3) is 0 Å². The van der Waals surface area contributed by atoms with E-state index < -0.39 is 11.4 Å². The lowest BCUT2D eigenvalue weighted by Gasteiger charge is -2.42. The summed E-state index contributed by atoms with van der Waals surface area (Å²) in [6.45, 7) is 2.69. The van der Waals surface area contributed by atoms with Crippen LogP contribution < -0.4 is 5.32 Å². The Morgan fingerprint density at radius 1 is 1.14 bits per heavy atom. The molecule has 1 N–H and O–H groups in total. The molecule has 3 aliphatic rings. The van der Waals surface area contributed by atoms with Crippen molar-refractivity contribution in [3.8, 4) is 0 Å². The molecule has 116 valence electrons.